The molecule has 0 saturated heterocycles. The minimum absolute atomic E-state index is 0.924. The number of hydrogen-bond donors (Lipinski definition) is 0. The summed E-state index contributed by atoms with van der Waals surface area (Å²) in [5, 5.41) is 5.02. The Balaban J connectivity index is 1.60. The van der Waals surface area contributed by atoms with E-state index in [9.17, 15) is 0 Å². The maximum Gasteiger partial charge on any atom is 0.137 e. The van der Waals surface area contributed by atoms with Crippen LogP contribution in [0.2, 0.25) is 0 Å². The van der Waals surface area contributed by atoms with Crippen LogP contribution in [0, 0.1) is 0 Å². The molecule has 5 aromatic carbocycles. The summed E-state index contributed by atoms with van der Waals surface area (Å²) < 4.78 is 2.29. The van der Waals surface area contributed by atoms with Crippen LogP contribution in [0.4, 0.5) is 17.1 Å². The number of hydrogen-bond acceptors (Lipinski definition) is 2. The Morgan fingerprint density at radius 1 is 0.528 bits per heavy atom. The summed E-state index contributed by atoms with van der Waals surface area (Å²) in [5.41, 5.74) is 8.43. The highest BCUT2D eigenvalue weighted by Gasteiger charge is 2.29. The first-order valence-corrected chi connectivity index (χ1v) is 12.2. The zero-order chi connectivity index (χ0) is 23.6. The smallest absolute Gasteiger partial charge is 0.137 e. The molecule has 0 N–H and O–H groups in total. The number of pyridine rings is 1. The van der Waals surface area contributed by atoms with Gasteiger partial charge in [-0.3, -0.25) is 4.57 Å². The lowest BCUT2D eigenvalue weighted by atomic mass is 9.89. The highest BCUT2D eigenvalue weighted by molar-refractivity contribution is 6.24. The number of anilines is 3. The van der Waals surface area contributed by atoms with Gasteiger partial charge in [-0.05, 0) is 53.4 Å². The Morgan fingerprint density at radius 2 is 1.33 bits per heavy atom. The van der Waals surface area contributed by atoms with Gasteiger partial charge >= 0.3 is 0 Å². The van der Waals surface area contributed by atoms with Crippen molar-refractivity contribution in [3.8, 4) is 16.9 Å². The summed E-state index contributed by atoms with van der Waals surface area (Å²) in [6, 6.07) is 43.3. The summed E-state index contributed by atoms with van der Waals surface area (Å²) in [6.45, 7) is 0. The molecule has 1 aliphatic heterocycles. The first-order chi connectivity index (χ1) is 17.9. The molecule has 0 unspecified atom stereocenters. The molecule has 0 spiro atoms. The molecular formula is C33H21N3. The summed E-state index contributed by atoms with van der Waals surface area (Å²) >= 11 is 0. The van der Waals surface area contributed by atoms with Gasteiger partial charge in [0, 0.05) is 33.6 Å². The Bertz CT molecular complexity index is 1930. The molecule has 0 aliphatic carbocycles. The fourth-order valence-corrected chi connectivity index (χ4v) is 5.92. The average Bonchev–Trinajstić information content (AvgIpc) is 3.29. The van der Waals surface area contributed by atoms with Crippen LogP contribution < -0.4 is 4.90 Å². The Kier molecular flexibility index (Phi) is 3.94. The maximum absolute atomic E-state index is 4.73. The second-order valence-corrected chi connectivity index (χ2v) is 9.25. The van der Waals surface area contributed by atoms with Crippen molar-refractivity contribution in [3.63, 3.8) is 0 Å². The zero-order valence-electron chi connectivity index (χ0n) is 19.5. The monoisotopic (exact) mass is 459 g/mol. The fraction of sp³-hybridized carbons (Fsp3) is 0. The lowest BCUT2D eigenvalue weighted by Crippen LogP contribution is -2.15. The molecule has 1 aliphatic rings. The molecule has 0 bridgehead atoms. The van der Waals surface area contributed by atoms with Gasteiger partial charge in [0.15, 0.2) is 0 Å². The second kappa shape index (κ2) is 7.30. The van der Waals surface area contributed by atoms with Gasteiger partial charge in [0.2, 0.25) is 0 Å². The molecule has 7 aromatic rings. The average molecular weight is 460 g/mol. The topological polar surface area (TPSA) is 21.1 Å². The van der Waals surface area contributed by atoms with E-state index in [0.29, 0.717) is 0 Å². The Morgan fingerprint density at radius 3 is 2.19 bits per heavy atom. The van der Waals surface area contributed by atoms with Gasteiger partial charge in [-0.15, -0.1) is 0 Å². The van der Waals surface area contributed by atoms with Crippen LogP contribution in [0.1, 0.15) is 0 Å². The van der Waals surface area contributed by atoms with E-state index >= 15 is 0 Å². The van der Waals surface area contributed by atoms with E-state index in [4.69, 9.17) is 4.98 Å². The molecule has 36 heavy (non-hydrogen) atoms. The highest BCUT2D eigenvalue weighted by Crippen LogP contribution is 2.54. The van der Waals surface area contributed by atoms with Crippen LogP contribution in [-0.2, 0) is 0 Å². The van der Waals surface area contributed by atoms with Gasteiger partial charge in [-0.2, -0.15) is 0 Å². The van der Waals surface area contributed by atoms with Crippen molar-refractivity contribution in [1.29, 1.82) is 0 Å². The first-order valence-electron chi connectivity index (χ1n) is 12.2. The quantitative estimate of drug-likeness (QED) is 0.258. The molecule has 0 saturated carbocycles. The van der Waals surface area contributed by atoms with E-state index in [1.807, 2.05) is 12.3 Å². The SMILES string of the molecule is c1ccc(N2c3cccc4cccc(c34)-c3ccc4c(c32)c2ccccc2n4-c2ccccn2)cc1. The van der Waals surface area contributed by atoms with Crippen molar-refractivity contribution in [1.82, 2.24) is 9.55 Å². The predicted octanol–water partition coefficient (Wildman–Crippen LogP) is 8.78. The second-order valence-electron chi connectivity index (χ2n) is 9.25. The van der Waals surface area contributed by atoms with E-state index in [1.54, 1.807) is 0 Å². The van der Waals surface area contributed by atoms with E-state index in [-0.39, 0.29) is 0 Å². The first kappa shape index (κ1) is 19.4. The molecule has 0 amide bonds. The van der Waals surface area contributed by atoms with E-state index in [2.05, 4.69) is 125 Å². The van der Waals surface area contributed by atoms with Crippen molar-refractivity contribution in [2.45, 2.75) is 0 Å². The Hall–Kier alpha value is -4.89. The predicted molar refractivity (Wildman–Crippen MR) is 150 cm³/mol. The number of fused-ring (bicyclic) bond motifs is 6. The summed E-state index contributed by atoms with van der Waals surface area (Å²) in [4.78, 5) is 7.17. The number of para-hydroxylation sites is 2. The molecule has 8 rings (SSSR count). The van der Waals surface area contributed by atoms with Crippen molar-refractivity contribution >= 4 is 49.6 Å². The van der Waals surface area contributed by atoms with Gasteiger partial charge in [-0.1, -0.05) is 78.9 Å². The highest BCUT2D eigenvalue weighted by atomic mass is 15.2. The summed E-state index contributed by atoms with van der Waals surface area (Å²) in [7, 11) is 0. The number of nitrogens with zero attached hydrogens (tertiary/aromatic N) is 3. The van der Waals surface area contributed by atoms with Crippen molar-refractivity contribution in [2.75, 3.05) is 4.90 Å². The molecule has 0 radical (unpaired) electrons. The van der Waals surface area contributed by atoms with Crippen molar-refractivity contribution in [3.05, 3.63) is 128 Å². The van der Waals surface area contributed by atoms with Gasteiger partial charge in [-0.25, -0.2) is 4.98 Å². The number of benzene rings is 5. The van der Waals surface area contributed by atoms with Crippen LogP contribution >= 0.6 is 0 Å². The van der Waals surface area contributed by atoms with Gasteiger partial charge < -0.3 is 4.90 Å². The molecule has 3 heterocycles. The minimum Gasteiger partial charge on any atom is -0.309 e. The lowest BCUT2D eigenvalue weighted by molar-refractivity contribution is 1.08. The third-order valence-corrected chi connectivity index (χ3v) is 7.34. The number of rotatable bonds is 2. The zero-order valence-corrected chi connectivity index (χ0v) is 19.5. The molecule has 0 fully saturated rings. The van der Waals surface area contributed by atoms with E-state index < -0.39 is 0 Å². The van der Waals surface area contributed by atoms with E-state index in [1.165, 1.54) is 44.0 Å². The minimum atomic E-state index is 0.924. The molecule has 3 heteroatoms. The standard InChI is InChI=1S/C33H21N3/c1-2-12-23(13-3-1)35-28-17-9-11-22-10-8-15-24(31(22)28)25-19-20-29-32(33(25)35)26-14-4-5-16-27(26)36(29)30-18-6-7-21-34-30/h1-21H. The maximum atomic E-state index is 4.73. The largest absolute Gasteiger partial charge is 0.309 e. The van der Waals surface area contributed by atoms with Gasteiger partial charge in [0.25, 0.3) is 0 Å². The van der Waals surface area contributed by atoms with Gasteiger partial charge in [0.05, 0.1) is 22.4 Å². The van der Waals surface area contributed by atoms with Crippen LogP contribution in [0.3, 0.4) is 0 Å². The van der Waals surface area contributed by atoms with E-state index in [0.717, 1.165) is 22.5 Å². The van der Waals surface area contributed by atoms with Crippen LogP contribution in [0.25, 0.3) is 49.5 Å². The molecule has 168 valence electrons. The fourth-order valence-electron chi connectivity index (χ4n) is 5.92. The molecular weight excluding hydrogens is 438 g/mol. The third-order valence-electron chi connectivity index (χ3n) is 7.34. The normalized spacial score (nSPS) is 12.4. The summed E-state index contributed by atoms with van der Waals surface area (Å²) in [6.07, 6.45) is 1.86. The van der Waals surface area contributed by atoms with Crippen LogP contribution in [-0.4, -0.2) is 9.55 Å². The molecule has 0 atom stereocenters. The van der Waals surface area contributed by atoms with Crippen LogP contribution in [0.5, 0.6) is 0 Å². The van der Waals surface area contributed by atoms with Gasteiger partial charge in [0.1, 0.15) is 5.82 Å². The molecule has 3 nitrogen and oxygen atoms in total. The van der Waals surface area contributed by atoms with Crippen LogP contribution in [0.15, 0.2) is 128 Å². The van der Waals surface area contributed by atoms with Crippen molar-refractivity contribution in [2.24, 2.45) is 0 Å². The third kappa shape index (κ3) is 2.54. The molecule has 2 aromatic heterocycles. The van der Waals surface area contributed by atoms with Crippen molar-refractivity contribution < 1.29 is 0 Å². The summed E-state index contributed by atoms with van der Waals surface area (Å²) in [5.74, 6) is 0.924. The lowest BCUT2D eigenvalue weighted by Gasteiger charge is -2.34. The Labute approximate surface area is 208 Å². The number of aromatic nitrogens is 2.